The Hall–Kier alpha value is -2.04. The third-order valence-electron chi connectivity index (χ3n) is 5.78. The highest BCUT2D eigenvalue weighted by molar-refractivity contribution is 7.99. The van der Waals surface area contributed by atoms with Crippen molar-refractivity contribution >= 4 is 52.5 Å². The maximum absolute atomic E-state index is 12.1. The number of thioether (sulfide) groups is 1. The van der Waals surface area contributed by atoms with E-state index >= 15 is 0 Å². The number of hydrogen-bond acceptors (Lipinski definition) is 6. The summed E-state index contributed by atoms with van der Waals surface area (Å²) in [4.78, 5) is 11.8. The van der Waals surface area contributed by atoms with E-state index < -0.39 is 16.0 Å². The minimum Gasteiger partial charge on any atom is -0.618 e. The Labute approximate surface area is 234 Å². The monoisotopic (exact) mass is 582 g/mol. The molecule has 4 rings (SSSR count). The molecule has 1 fully saturated rings. The topological polar surface area (TPSA) is 94.7 Å². The molecular weight excluding hydrogens is 559 g/mol. The largest absolute Gasteiger partial charge is 0.618 e. The molecule has 1 aliphatic rings. The summed E-state index contributed by atoms with van der Waals surface area (Å²) in [6.07, 6.45) is 1.01. The second kappa shape index (κ2) is 12.7. The van der Waals surface area contributed by atoms with Gasteiger partial charge in [-0.3, -0.25) is 4.79 Å². The number of amides is 1. The minimum atomic E-state index is -2.02. The Kier molecular flexibility index (Phi) is 9.58. The second-order valence-electron chi connectivity index (χ2n) is 8.45. The Balaban J connectivity index is 1.48. The third-order valence-corrected chi connectivity index (χ3v) is 7.45. The Morgan fingerprint density at radius 2 is 1.70 bits per heavy atom. The summed E-state index contributed by atoms with van der Waals surface area (Å²) in [5.41, 5.74) is 3.42. The van der Waals surface area contributed by atoms with Crippen LogP contribution in [0.1, 0.15) is 41.1 Å². The number of aromatic nitrogens is 1. The Morgan fingerprint density at radius 1 is 1.03 bits per heavy atom. The molecule has 1 aliphatic heterocycles. The molecule has 3 aromatic rings. The van der Waals surface area contributed by atoms with Gasteiger partial charge in [0, 0.05) is 36.4 Å². The van der Waals surface area contributed by atoms with Crippen molar-refractivity contribution in [2.45, 2.75) is 46.9 Å². The van der Waals surface area contributed by atoms with E-state index in [1.165, 1.54) is 18.0 Å². The predicted octanol–water partition coefficient (Wildman–Crippen LogP) is 5.14. The standard InChI is InChI=1S/C26H25Cl3N2O5S/c27-26(28,29)25(33)30-14-17-4-10-20(11-5-17)24-35-21(16-37-23-3-1-2-12-31(23)34)13-22(36-24)19-8-6-18(15-32)7-9-19/h1-12,21-22,24,32H,13-16H2,(H,30,33). The maximum atomic E-state index is 12.1. The molecule has 1 saturated heterocycles. The molecule has 7 nitrogen and oxygen atoms in total. The van der Waals surface area contributed by atoms with Crippen LogP contribution in [-0.2, 0) is 27.4 Å². The molecule has 0 aliphatic carbocycles. The van der Waals surface area contributed by atoms with Crippen molar-refractivity contribution in [3.8, 4) is 0 Å². The van der Waals surface area contributed by atoms with Gasteiger partial charge in [-0.2, -0.15) is 4.73 Å². The van der Waals surface area contributed by atoms with E-state index in [4.69, 9.17) is 44.3 Å². The second-order valence-corrected chi connectivity index (χ2v) is 11.8. The summed E-state index contributed by atoms with van der Waals surface area (Å²) >= 11 is 18.2. The molecule has 11 heteroatoms. The Morgan fingerprint density at radius 3 is 2.35 bits per heavy atom. The van der Waals surface area contributed by atoms with Gasteiger partial charge >= 0.3 is 0 Å². The lowest BCUT2D eigenvalue weighted by atomic mass is 10.0. The van der Waals surface area contributed by atoms with Gasteiger partial charge in [0.25, 0.3) is 14.7 Å². The van der Waals surface area contributed by atoms with E-state index in [0.29, 0.717) is 17.2 Å². The van der Waals surface area contributed by atoms with Crippen molar-refractivity contribution in [3.63, 3.8) is 0 Å². The lowest BCUT2D eigenvalue weighted by Gasteiger charge is -2.36. The number of aliphatic hydroxyl groups is 1. The fourth-order valence-electron chi connectivity index (χ4n) is 3.80. The van der Waals surface area contributed by atoms with E-state index in [1.807, 2.05) is 54.6 Å². The van der Waals surface area contributed by atoms with E-state index in [1.54, 1.807) is 12.1 Å². The van der Waals surface area contributed by atoms with Gasteiger partial charge in [0.15, 0.2) is 12.5 Å². The highest BCUT2D eigenvalue weighted by Crippen LogP contribution is 2.39. The zero-order chi connectivity index (χ0) is 26.4. The molecule has 3 unspecified atom stereocenters. The zero-order valence-corrected chi connectivity index (χ0v) is 22.6. The number of halogens is 3. The Bertz CT molecular complexity index is 1190. The van der Waals surface area contributed by atoms with Crippen LogP contribution in [0.3, 0.4) is 0 Å². The lowest BCUT2D eigenvalue weighted by Crippen LogP contribution is -2.34. The fourth-order valence-corrected chi connectivity index (χ4v) is 4.94. The number of nitrogens with zero attached hydrogens (tertiary/aromatic N) is 1. The summed E-state index contributed by atoms with van der Waals surface area (Å²) in [5.74, 6) is -0.132. The average molecular weight is 584 g/mol. The van der Waals surface area contributed by atoms with Gasteiger partial charge in [0.05, 0.1) is 18.8 Å². The van der Waals surface area contributed by atoms with Crippen molar-refractivity contribution in [2.24, 2.45) is 0 Å². The number of nitrogens with one attached hydrogen (secondary N) is 1. The molecule has 1 aromatic heterocycles. The number of carbonyl (C=O) groups is 1. The van der Waals surface area contributed by atoms with Crippen LogP contribution in [0.2, 0.25) is 0 Å². The first-order valence-corrected chi connectivity index (χ1v) is 13.6. The van der Waals surface area contributed by atoms with Gasteiger partial charge in [-0.1, -0.05) is 95.1 Å². The van der Waals surface area contributed by atoms with Crippen LogP contribution in [0.25, 0.3) is 0 Å². The first-order chi connectivity index (χ1) is 17.7. The van der Waals surface area contributed by atoms with Crippen molar-refractivity contribution in [3.05, 3.63) is 100 Å². The van der Waals surface area contributed by atoms with E-state index in [9.17, 15) is 15.1 Å². The lowest BCUT2D eigenvalue weighted by molar-refractivity contribution is -0.645. The number of aliphatic hydroxyl groups excluding tert-OH is 1. The molecule has 1 amide bonds. The molecule has 0 spiro atoms. The normalized spacial score (nSPS) is 19.9. The van der Waals surface area contributed by atoms with Crippen LogP contribution < -0.4 is 10.0 Å². The zero-order valence-electron chi connectivity index (χ0n) is 19.6. The van der Waals surface area contributed by atoms with Crippen LogP contribution in [0.5, 0.6) is 0 Å². The molecule has 0 bridgehead atoms. The van der Waals surface area contributed by atoms with Crippen LogP contribution in [0.15, 0.2) is 78.0 Å². The van der Waals surface area contributed by atoms with Crippen molar-refractivity contribution in [1.29, 1.82) is 0 Å². The van der Waals surface area contributed by atoms with Crippen molar-refractivity contribution in [1.82, 2.24) is 5.32 Å². The van der Waals surface area contributed by atoms with Crippen molar-refractivity contribution < 1.29 is 24.1 Å². The summed E-state index contributed by atoms with van der Waals surface area (Å²) in [7, 11) is 0. The highest BCUT2D eigenvalue weighted by atomic mass is 35.6. The van der Waals surface area contributed by atoms with Crippen LogP contribution >= 0.6 is 46.6 Å². The molecular formula is C26H25Cl3N2O5S. The van der Waals surface area contributed by atoms with Gasteiger partial charge in [-0.25, -0.2) is 0 Å². The summed E-state index contributed by atoms with van der Waals surface area (Å²) in [5, 5.41) is 24.6. The van der Waals surface area contributed by atoms with Crippen LogP contribution in [0.4, 0.5) is 0 Å². The number of hydrogen-bond donors (Lipinski definition) is 2. The van der Waals surface area contributed by atoms with Crippen LogP contribution in [-0.4, -0.2) is 26.7 Å². The number of carbonyl (C=O) groups excluding carboxylic acids is 1. The van der Waals surface area contributed by atoms with Gasteiger partial charge < -0.3 is 25.1 Å². The van der Waals surface area contributed by atoms with Gasteiger partial charge in [-0.15, -0.1) is 0 Å². The van der Waals surface area contributed by atoms with E-state index in [2.05, 4.69) is 5.32 Å². The molecule has 37 heavy (non-hydrogen) atoms. The molecule has 196 valence electrons. The number of benzene rings is 2. The van der Waals surface area contributed by atoms with E-state index in [0.717, 1.165) is 27.0 Å². The first-order valence-electron chi connectivity index (χ1n) is 11.5. The van der Waals surface area contributed by atoms with E-state index in [-0.39, 0.29) is 25.4 Å². The van der Waals surface area contributed by atoms with Gasteiger partial charge in [0.1, 0.15) is 0 Å². The minimum absolute atomic E-state index is 0.0302. The number of ether oxygens (including phenoxy) is 2. The summed E-state index contributed by atoms with van der Waals surface area (Å²) in [6.45, 7) is 0.169. The molecule has 2 aromatic carbocycles. The van der Waals surface area contributed by atoms with Gasteiger partial charge in [-0.05, 0) is 22.8 Å². The maximum Gasteiger partial charge on any atom is 0.272 e. The fraction of sp³-hybridized carbons (Fsp3) is 0.308. The molecule has 0 saturated carbocycles. The predicted molar refractivity (Wildman–Crippen MR) is 143 cm³/mol. The first kappa shape index (κ1) is 28.0. The molecule has 2 N–H and O–H groups in total. The quantitative estimate of drug-likeness (QED) is 0.165. The number of rotatable bonds is 8. The molecule has 2 heterocycles. The van der Waals surface area contributed by atoms with Crippen molar-refractivity contribution in [2.75, 3.05) is 5.75 Å². The highest BCUT2D eigenvalue weighted by Gasteiger charge is 2.33. The van der Waals surface area contributed by atoms with Gasteiger partial charge in [0.2, 0.25) is 0 Å². The summed E-state index contributed by atoms with van der Waals surface area (Å²) < 4.78 is 11.5. The number of pyridine rings is 1. The molecule has 3 atom stereocenters. The average Bonchev–Trinajstić information content (AvgIpc) is 2.91. The third kappa shape index (κ3) is 7.74. The molecule has 0 radical (unpaired) electrons. The SMILES string of the molecule is O=C(NCc1ccc(C2OC(CSc3cccc[n+]3[O-])CC(c3ccc(CO)cc3)O2)cc1)C(Cl)(Cl)Cl. The summed E-state index contributed by atoms with van der Waals surface area (Å²) in [6, 6.07) is 20.4. The smallest absolute Gasteiger partial charge is 0.272 e. The van der Waals surface area contributed by atoms with Crippen LogP contribution in [0, 0.1) is 5.21 Å². The number of alkyl halides is 3.